The largest absolute Gasteiger partial charge is 0.360 e. The highest BCUT2D eigenvalue weighted by molar-refractivity contribution is 7.11. The molecule has 4 aromatic rings. The number of nitrogens with zero attached hydrogens (tertiary/aromatic N) is 2. The van der Waals surface area contributed by atoms with Gasteiger partial charge in [0.25, 0.3) is 0 Å². The second-order valence-corrected chi connectivity index (χ2v) is 8.18. The zero-order valence-corrected chi connectivity index (χ0v) is 18.0. The van der Waals surface area contributed by atoms with Crippen LogP contribution in [0.3, 0.4) is 0 Å². The molecular weight excluding hydrogens is 433 g/mol. The van der Waals surface area contributed by atoms with E-state index < -0.39 is 0 Å². The van der Waals surface area contributed by atoms with Crippen LogP contribution in [0, 0.1) is 11.3 Å². The summed E-state index contributed by atoms with van der Waals surface area (Å²) in [6.07, 6.45) is 1.61. The molecule has 1 aromatic heterocycles. The molecule has 0 unspecified atom stereocenters. The van der Waals surface area contributed by atoms with E-state index in [-0.39, 0.29) is 0 Å². The van der Waals surface area contributed by atoms with Gasteiger partial charge in [0.1, 0.15) is 16.6 Å². The first kappa shape index (κ1) is 20.2. The topological polar surface area (TPSA) is 48.7 Å². The molecule has 0 aliphatic rings. The number of nitriles is 1. The normalized spacial score (nSPS) is 11.2. The molecule has 0 aliphatic heterocycles. The van der Waals surface area contributed by atoms with Gasteiger partial charge in [-0.3, -0.25) is 0 Å². The number of thiazole rings is 1. The van der Waals surface area contributed by atoms with Crippen LogP contribution in [-0.4, -0.2) is 4.98 Å². The Hall–Kier alpha value is -3.10. The summed E-state index contributed by atoms with van der Waals surface area (Å²) >= 11 is 13.5. The van der Waals surface area contributed by atoms with Crippen molar-refractivity contribution in [2.75, 3.05) is 5.32 Å². The second-order valence-electron chi connectivity index (χ2n) is 6.45. The molecule has 146 valence electrons. The Morgan fingerprint density at radius 1 is 0.900 bits per heavy atom. The fourth-order valence-corrected chi connectivity index (χ4v) is 4.25. The van der Waals surface area contributed by atoms with Crippen molar-refractivity contribution >= 4 is 45.8 Å². The lowest BCUT2D eigenvalue weighted by Crippen LogP contribution is -1.91. The van der Waals surface area contributed by atoms with Crippen molar-refractivity contribution in [1.29, 1.82) is 5.26 Å². The van der Waals surface area contributed by atoms with Crippen LogP contribution < -0.4 is 5.32 Å². The number of allylic oxidation sites excluding steroid dienone is 1. The summed E-state index contributed by atoms with van der Waals surface area (Å²) in [7, 11) is 0. The summed E-state index contributed by atoms with van der Waals surface area (Å²) in [4.78, 5) is 4.64. The Bertz CT molecular complexity index is 1220. The van der Waals surface area contributed by atoms with E-state index >= 15 is 0 Å². The predicted molar refractivity (Wildman–Crippen MR) is 127 cm³/mol. The third kappa shape index (κ3) is 4.72. The lowest BCUT2D eigenvalue weighted by molar-refractivity contribution is 1.36. The highest BCUT2D eigenvalue weighted by atomic mass is 35.5. The molecule has 1 heterocycles. The average Bonchev–Trinajstić information content (AvgIpc) is 3.24. The SMILES string of the molecule is N#C/C(=C/Nc1cc(Cl)cc(Cl)c1)c1nc(-c2ccc(-c3ccccc3)cc2)cs1. The molecule has 1 N–H and O–H groups in total. The zero-order valence-electron chi connectivity index (χ0n) is 15.6. The third-order valence-electron chi connectivity index (χ3n) is 4.39. The second kappa shape index (κ2) is 9.15. The molecule has 0 amide bonds. The van der Waals surface area contributed by atoms with E-state index in [0.29, 0.717) is 26.3 Å². The highest BCUT2D eigenvalue weighted by Gasteiger charge is 2.09. The summed E-state index contributed by atoms with van der Waals surface area (Å²) in [5.41, 5.74) is 5.30. The molecule has 3 aromatic carbocycles. The average molecular weight is 448 g/mol. The smallest absolute Gasteiger partial charge is 0.136 e. The fraction of sp³-hybridized carbons (Fsp3) is 0. The number of halogens is 2. The Kier molecular flexibility index (Phi) is 6.15. The van der Waals surface area contributed by atoms with E-state index in [1.807, 2.05) is 35.7 Å². The molecule has 0 aliphatic carbocycles. The minimum Gasteiger partial charge on any atom is -0.360 e. The van der Waals surface area contributed by atoms with Crippen LogP contribution in [0.25, 0.3) is 28.0 Å². The van der Waals surface area contributed by atoms with Crippen LogP contribution in [-0.2, 0) is 0 Å². The minimum atomic E-state index is 0.434. The van der Waals surface area contributed by atoms with E-state index in [1.165, 1.54) is 16.9 Å². The van der Waals surface area contributed by atoms with Crippen LogP contribution in [0.4, 0.5) is 5.69 Å². The molecule has 3 nitrogen and oxygen atoms in total. The lowest BCUT2D eigenvalue weighted by Gasteiger charge is -2.03. The van der Waals surface area contributed by atoms with Gasteiger partial charge >= 0.3 is 0 Å². The van der Waals surface area contributed by atoms with E-state index in [4.69, 9.17) is 23.2 Å². The maximum Gasteiger partial charge on any atom is 0.136 e. The van der Waals surface area contributed by atoms with Gasteiger partial charge < -0.3 is 5.32 Å². The van der Waals surface area contributed by atoms with Gasteiger partial charge in [-0.25, -0.2) is 4.98 Å². The first-order chi connectivity index (χ1) is 14.6. The first-order valence-corrected chi connectivity index (χ1v) is 10.7. The number of rotatable bonds is 5. The molecule has 0 saturated heterocycles. The van der Waals surface area contributed by atoms with E-state index in [9.17, 15) is 5.26 Å². The Balaban J connectivity index is 1.54. The van der Waals surface area contributed by atoms with Crippen molar-refractivity contribution in [3.8, 4) is 28.5 Å². The lowest BCUT2D eigenvalue weighted by atomic mass is 10.0. The minimum absolute atomic E-state index is 0.434. The molecular formula is C24H15Cl2N3S. The third-order valence-corrected chi connectivity index (χ3v) is 5.70. The maximum atomic E-state index is 9.57. The zero-order chi connectivity index (χ0) is 20.9. The molecule has 4 rings (SSSR count). The standard InChI is InChI=1S/C24H15Cl2N3S/c25-20-10-21(26)12-22(11-20)28-14-19(13-27)24-29-23(15-30-24)18-8-6-17(7-9-18)16-4-2-1-3-5-16/h1-12,14-15,28H/b19-14-. The van der Waals surface area contributed by atoms with Gasteiger partial charge in [-0.05, 0) is 29.3 Å². The number of aromatic nitrogens is 1. The predicted octanol–water partition coefficient (Wildman–Crippen LogP) is 7.76. The van der Waals surface area contributed by atoms with E-state index in [1.54, 1.807) is 24.4 Å². The van der Waals surface area contributed by atoms with E-state index in [0.717, 1.165) is 16.8 Å². The van der Waals surface area contributed by atoms with Crippen LogP contribution >= 0.6 is 34.5 Å². The van der Waals surface area contributed by atoms with Crippen molar-refractivity contribution in [2.24, 2.45) is 0 Å². The number of hydrogen-bond acceptors (Lipinski definition) is 4. The van der Waals surface area contributed by atoms with Crippen molar-refractivity contribution in [1.82, 2.24) is 4.98 Å². The fourth-order valence-electron chi connectivity index (χ4n) is 2.93. The summed E-state index contributed by atoms with van der Waals surface area (Å²) in [5, 5.41) is 16.3. The van der Waals surface area contributed by atoms with Gasteiger partial charge in [-0.1, -0.05) is 77.8 Å². The van der Waals surface area contributed by atoms with Gasteiger partial charge in [0.05, 0.1) is 5.69 Å². The Labute approximate surface area is 188 Å². The molecule has 0 bridgehead atoms. The summed E-state index contributed by atoms with van der Waals surface area (Å²) in [5.74, 6) is 0. The molecule has 0 radical (unpaired) electrons. The van der Waals surface area contributed by atoms with Crippen LogP contribution in [0.1, 0.15) is 5.01 Å². The first-order valence-electron chi connectivity index (χ1n) is 9.07. The molecule has 0 fully saturated rings. The number of benzene rings is 3. The molecule has 0 atom stereocenters. The van der Waals surface area contributed by atoms with Crippen LogP contribution in [0.2, 0.25) is 10.0 Å². The van der Waals surface area contributed by atoms with Crippen LogP contribution in [0.5, 0.6) is 0 Å². The monoisotopic (exact) mass is 447 g/mol. The van der Waals surface area contributed by atoms with E-state index in [2.05, 4.69) is 40.6 Å². The molecule has 30 heavy (non-hydrogen) atoms. The number of hydrogen-bond donors (Lipinski definition) is 1. The quantitative estimate of drug-likeness (QED) is 0.318. The van der Waals surface area contributed by atoms with Gasteiger partial charge in [-0.2, -0.15) is 5.26 Å². The summed E-state index contributed by atoms with van der Waals surface area (Å²) in [6.45, 7) is 0. The Morgan fingerprint density at radius 2 is 1.53 bits per heavy atom. The van der Waals surface area contributed by atoms with Crippen molar-refractivity contribution < 1.29 is 0 Å². The Morgan fingerprint density at radius 3 is 2.20 bits per heavy atom. The maximum absolute atomic E-state index is 9.57. The van der Waals surface area contributed by atoms with Gasteiger partial charge in [0.15, 0.2) is 0 Å². The summed E-state index contributed by atoms with van der Waals surface area (Å²) in [6, 6.07) is 25.8. The van der Waals surface area contributed by atoms with Crippen molar-refractivity contribution in [3.05, 3.63) is 99.4 Å². The van der Waals surface area contributed by atoms with Gasteiger partial charge in [0, 0.05) is 32.9 Å². The van der Waals surface area contributed by atoms with Gasteiger partial charge in [-0.15, -0.1) is 11.3 Å². The number of nitrogens with one attached hydrogen (secondary N) is 1. The molecule has 0 saturated carbocycles. The highest BCUT2D eigenvalue weighted by Crippen LogP contribution is 2.29. The number of anilines is 1. The van der Waals surface area contributed by atoms with Crippen LogP contribution in [0.15, 0.2) is 84.4 Å². The molecule has 6 heteroatoms. The van der Waals surface area contributed by atoms with Crippen molar-refractivity contribution in [3.63, 3.8) is 0 Å². The summed E-state index contributed by atoms with van der Waals surface area (Å²) < 4.78 is 0. The van der Waals surface area contributed by atoms with Crippen molar-refractivity contribution in [2.45, 2.75) is 0 Å². The van der Waals surface area contributed by atoms with Gasteiger partial charge in [0.2, 0.25) is 0 Å². The molecule has 0 spiro atoms.